The Morgan fingerprint density at radius 2 is 1.55 bits per heavy atom. The maximum Gasteiger partial charge on any atom is 0.261 e. The van der Waals surface area contributed by atoms with Crippen molar-refractivity contribution in [1.29, 1.82) is 0 Å². The second-order valence-electron chi connectivity index (χ2n) is 5.38. The van der Waals surface area contributed by atoms with Crippen LogP contribution in [-0.4, -0.2) is 59.0 Å². The quantitative estimate of drug-likeness (QED) is 0.826. The molecule has 0 bridgehead atoms. The number of amides is 2. The number of carbonyl (C=O) groups is 2. The van der Waals surface area contributed by atoms with Crippen LogP contribution < -0.4 is 0 Å². The minimum Gasteiger partial charge on any atom is -0.393 e. The summed E-state index contributed by atoms with van der Waals surface area (Å²) in [4.78, 5) is 27.9. The summed E-state index contributed by atoms with van der Waals surface area (Å²) in [5.74, 6) is -0.384. The molecule has 1 aromatic carbocycles. The number of aliphatic hydroxyl groups excluding tert-OH is 1. The first-order valence-electron chi connectivity index (χ1n) is 7.02. The van der Waals surface area contributed by atoms with E-state index < -0.39 is 0 Å². The normalized spacial score (nSPS) is 20.6. The maximum atomic E-state index is 12.2. The van der Waals surface area contributed by atoms with Gasteiger partial charge in [0.2, 0.25) is 0 Å². The standard InChI is InChI=1S/C15H18N2O3/c18-11-5-7-16(8-6-11)9-10-17-14(19)12-3-1-2-4-13(12)15(17)20/h1-4,11,18H,5-10H2. The summed E-state index contributed by atoms with van der Waals surface area (Å²) >= 11 is 0. The predicted molar refractivity (Wildman–Crippen MR) is 73.5 cm³/mol. The Balaban J connectivity index is 1.62. The number of carbonyl (C=O) groups excluding carboxylic acids is 2. The summed E-state index contributed by atoms with van der Waals surface area (Å²) in [5, 5.41) is 9.46. The van der Waals surface area contributed by atoms with E-state index in [1.54, 1.807) is 24.3 Å². The molecule has 0 spiro atoms. The van der Waals surface area contributed by atoms with E-state index in [-0.39, 0.29) is 17.9 Å². The Morgan fingerprint density at radius 3 is 2.10 bits per heavy atom. The van der Waals surface area contributed by atoms with Crippen LogP contribution in [-0.2, 0) is 0 Å². The molecule has 5 heteroatoms. The molecule has 106 valence electrons. The zero-order valence-electron chi connectivity index (χ0n) is 11.3. The van der Waals surface area contributed by atoms with Gasteiger partial charge in [0, 0.05) is 26.2 Å². The first-order valence-corrected chi connectivity index (χ1v) is 7.02. The summed E-state index contributed by atoms with van der Waals surface area (Å²) in [7, 11) is 0. The van der Waals surface area contributed by atoms with E-state index >= 15 is 0 Å². The first kappa shape index (κ1) is 13.3. The predicted octanol–water partition coefficient (Wildman–Crippen LogP) is 0.739. The number of benzene rings is 1. The van der Waals surface area contributed by atoms with Gasteiger partial charge in [0.25, 0.3) is 11.8 Å². The van der Waals surface area contributed by atoms with E-state index in [9.17, 15) is 14.7 Å². The van der Waals surface area contributed by atoms with Crippen molar-refractivity contribution in [2.75, 3.05) is 26.2 Å². The highest BCUT2D eigenvalue weighted by Crippen LogP contribution is 2.22. The lowest BCUT2D eigenvalue weighted by atomic mass is 10.1. The smallest absolute Gasteiger partial charge is 0.261 e. The number of nitrogens with zero attached hydrogens (tertiary/aromatic N) is 2. The van der Waals surface area contributed by atoms with Gasteiger partial charge in [0.15, 0.2) is 0 Å². The Kier molecular flexibility index (Phi) is 3.54. The zero-order chi connectivity index (χ0) is 14.1. The van der Waals surface area contributed by atoms with Crippen LogP contribution in [0.1, 0.15) is 33.6 Å². The van der Waals surface area contributed by atoms with E-state index in [0.29, 0.717) is 24.2 Å². The Hall–Kier alpha value is -1.72. The Bertz CT molecular complexity index is 501. The second-order valence-corrected chi connectivity index (χ2v) is 5.38. The van der Waals surface area contributed by atoms with Crippen LogP contribution in [0.15, 0.2) is 24.3 Å². The molecule has 0 radical (unpaired) electrons. The molecule has 3 rings (SSSR count). The monoisotopic (exact) mass is 274 g/mol. The number of aliphatic hydroxyl groups is 1. The van der Waals surface area contributed by atoms with Gasteiger partial charge in [0.05, 0.1) is 17.2 Å². The number of fused-ring (bicyclic) bond motifs is 1. The summed E-state index contributed by atoms with van der Waals surface area (Å²) in [6.45, 7) is 2.75. The Labute approximate surface area is 117 Å². The fourth-order valence-electron chi connectivity index (χ4n) is 2.83. The van der Waals surface area contributed by atoms with Gasteiger partial charge in [-0.05, 0) is 25.0 Å². The van der Waals surface area contributed by atoms with Crippen molar-refractivity contribution in [3.63, 3.8) is 0 Å². The number of hydrogen-bond donors (Lipinski definition) is 1. The lowest BCUT2D eigenvalue weighted by Gasteiger charge is -2.30. The van der Waals surface area contributed by atoms with Crippen LogP contribution in [0, 0.1) is 0 Å². The highest BCUT2D eigenvalue weighted by Gasteiger charge is 2.35. The second kappa shape index (κ2) is 5.34. The summed E-state index contributed by atoms with van der Waals surface area (Å²) in [6, 6.07) is 6.96. The number of likely N-dealkylation sites (tertiary alicyclic amines) is 1. The van der Waals surface area contributed by atoms with Gasteiger partial charge in [-0.2, -0.15) is 0 Å². The number of rotatable bonds is 3. The lowest BCUT2D eigenvalue weighted by molar-refractivity contribution is 0.0574. The van der Waals surface area contributed by atoms with Gasteiger partial charge in [0.1, 0.15) is 0 Å². The summed E-state index contributed by atoms with van der Waals surface area (Å²) in [5.41, 5.74) is 1.01. The molecule has 5 nitrogen and oxygen atoms in total. The number of imide groups is 1. The first-order chi connectivity index (χ1) is 9.66. The lowest BCUT2D eigenvalue weighted by Crippen LogP contribution is -2.42. The van der Waals surface area contributed by atoms with Crippen molar-refractivity contribution >= 4 is 11.8 Å². The minimum atomic E-state index is -0.203. The summed E-state index contributed by atoms with van der Waals surface area (Å²) in [6.07, 6.45) is 1.33. The molecule has 0 atom stereocenters. The number of piperidine rings is 1. The van der Waals surface area contributed by atoms with Crippen molar-refractivity contribution < 1.29 is 14.7 Å². The molecule has 2 aliphatic heterocycles. The van der Waals surface area contributed by atoms with Gasteiger partial charge in [-0.15, -0.1) is 0 Å². The molecule has 0 unspecified atom stereocenters. The van der Waals surface area contributed by atoms with Crippen LogP contribution in [0.3, 0.4) is 0 Å². The van der Waals surface area contributed by atoms with Crippen LogP contribution in [0.5, 0.6) is 0 Å². The van der Waals surface area contributed by atoms with Gasteiger partial charge < -0.3 is 10.0 Å². The molecule has 2 aliphatic rings. The molecule has 1 saturated heterocycles. The molecule has 1 fully saturated rings. The van der Waals surface area contributed by atoms with Crippen LogP contribution in [0.25, 0.3) is 0 Å². The van der Waals surface area contributed by atoms with E-state index in [1.807, 2.05) is 0 Å². The van der Waals surface area contributed by atoms with E-state index in [2.05, 4.69) is 4.90 Å². The third kappa shape index (κ3) is 2.34. The fourth-order valence-corrected chi connectivity index (χ4v) is 2.83. The van der Waals surface area contributed by atoms with Crippen LogP contribution in [0.4, 0.5) is 0 Å². The highest BCUT2D eigenvalue weighted by molar-refractivity contribution is 6.21. The number of hydrogen-bond acceptors (Lipinski definition) is 4. The molecular formula is C15H18N2O3. The van der Waals surface area contributed by atoms with Crippen molar-refractivity contribution in [2.45, 2.75) is 18.9 Å². The molecular weight excluding hydrogens is 256 g/mol. The molecule has 2 heterocycles. The minimum absolute atomic E-state index is 0.192. The Morgan fingerprint density at radius 1 is 1.00 bits per heavy atom. The molecule has 0 aliphatic carbocycles. The van der Waals surface area contributed by atoms with Crippen LogP contribution in [0.2, 0.25) is 0 Å². The van der Waals surface area contributed by atoms with E-state index in [4.69, 9.17) is 0 Å². The molecule has 0 saturated carbocycles. The van der Waals surface area contributed by atoms with E-state index in [1.165, 1.54) is 4.90 Å². The van der Waals surface area contributed by atoms with Crippen LogP contribution >= 0.6 is 0 Å². The SMILES string of the molecule is O=C1c2ccccc2C(=O)N1CCN1CCC(O)CC1. The maximum absolute atomic E-state index is 12.2. The third-order valence-electron chi connectivity index (χ3n) is 4.08. The molecule has 2 amide bonds. The van der Waals surface area contributed by atoms with Crippen molar-refractivity contribution in [3.8, 4) is 0 Å². The topological polar surface area (TPSA) is 60.9 Å². The molecule has 1 N–H and O–H groups in total. The van der Waals surface area contributed by atoms with Gasteiger partial charge in [-0.3, -0.25) is 14.5 Å². The van der Waals surface area contributed by atoms with Crippen molar-refractivity contribution in [3.05, 3.63) is 35.4 Å². The van der Waals surface area contributed by atoms with Gasteiger partial charge in [-0.25, -0.2) is 0 Å². The molecule has 20 heavy (non-hydrogen) atoms. The van der Waals surface area contributed by atoms with Gasteiger partial charge in [-0.1, -0.05) is 12.1 Å². The average Bonchev–Trinajstić information content (AvgIpc) is 2.71. The molecule has 0 aromatic heterocycles. The van der Waals surface area contributed by atoms with E-state index in [0.717, 1.165) is 25.9 Å². The van der Waals surface area contributed by atoms with Gasteiger partial charge >= 0.3 is 0 Å². The average molecular weight is 274 g/mol. The fraction of sp³-hybridized carbons (Fsp3) is 0.467. The van der Waals surface area contributed by atoms with Crippen molar-refractivity contribution in [1.82, 2.24) is 9.80 Å². The molecule has 1 aromatic rings. The van der Waals surface area contributed by atoms with Crippen molar-refractivity contribution in [2.24, 2.45) is 0 Å². The largest absolute Gasteiger partial charge is 0.393 e. The third-order valence-corrected chi connectivity index (χ3v) is 4.08. The zero-order valence-corrected chi connectivity index (χ0v) is 11.3. The summed E-state index contributed by atoms with van der Waals surface area (Å²) < 4.78 is 0. The highest BCUT2D eigenvalue weighted by atomic mass is 16.3.